The van der Waals surface area contributed by atoms with Crippen LogP contribution in [0.2, 0.25) is 0 Å². The molecule has 106 valence electrons. The Labute approximate surface area is 113 Å². The van der Waals surface area contributed by atoms with Crippen LogP contribution in [0.1, 0.15) is 6.42 Å². The van der Waals surface area contributed by atoms with Crippen molar-refractivity contribution < 1.29 is 13.5 Å². The van der Waals surface area contributed by atoms with Crippen LogP contribution < -0.4 is 15.4 Å². The maximum Gasteiger partial charge on any atom is 0.242 e. The van der Waals surface area contributed by atoms with Crippen LogP contribution in [0.15, 0.2) is 23.1 Å². The third-order valence-corrected chi connectivity index (χ3v) is 4.95. The highest BCUT2D eigenvalue weighted by Gasteiger charge is 2.23. The van der Waals surface area contributed by atoms with Crippen LogP contribution in [0.4, 0.5) is 11.4 Å². The molecule has 19 heavy (non-hydrogen) atoms. The fourth-order valence-electron chi connectivity index (χ4n) is 2.30. The second-order valence-electron chi connectivity index (χ2n) is 4.71. The predicted octanol–water partition coefficient (Wildman–Crippen LogP) is -0.00450. The fraction of sp³-hybridized carbons (Fsp3) is 0.500. The summed E-state index contributed by atoms with van der Waals surface area (Å²) in [6.07, 6.45) is 0.937. The molecule has 1 aromatic carbocycles. The summed E-state index contributed by atoms with van der Waals surface area (Å²) in [5, 5.41) is 9.13. The Bertz CT molecular complexity index is 559. The first-order chi connectivity index (χ1) is 8.97. The number of hydrogen-bond donors (Lipinski definition) is 3. The minimum absolute atomic E-state index is 0.0941. The lowest BCUT2D eigenvalue weighted by Crippen LogP contribution is -2.22. The average molecular weight is 285 g/mol. The summed E-state index contributed by atoms with van der Waals surface area (Å²) < 4.78 is 25.7. The molecular formula is C12H19N3O3S. The number of nitrogens with one attached hydrogen (secondary N) is 1. The molecule has 1 heterocycles. The van der Waals surface area contributed by atoms with Gasteiger partial charge in [0.2, 0.25) is 10.0 Å². The van der Waals surface area contributed by atoms with Crippen molar-refractivity contribution in [3.8, 4) is 0 Å². The number of benzene rings is 1. The van der Waals surface area contributed by atoms with Gasteiger partial charge in [-0.05, 0) is 31.7 Å². The summed E-state index contributed by atoms with van der Waals surface area (Å²) >= 11 is 0. The zero-order valence-electron chi connectivity index (χ0n) is 10.8. The molecule has 4 N–H and O–H groups in total. The molecular weight excluding hydrogens is 266 g/mol. The van der Waals surface area contributed by atoms with Crippen LogP contribution >= 0.6 is 0 Å². The van der Waals surface area contributed by atoms with Crippen molar-refractivity contribution in [3.05, 3.63) is 18.2 Å². The molecule has 0 bridgehead atoms. The van der Waals surface area contributed by atoms with E-state index in [-0.39, 0.29) is 23.1 Å². The SMILES string of the molecule is CNS(=O)(=O)c1ccc(N2CCC(CO)C2)cc1N. The number of rotatable bonds is 4. The Hall–Kier alpha value is -1.31. The molecule has 0 radical (unpaired) electrons. The second-order valence-corrected chi connectivity index (χ2v) is 6.57. The molecule has 0 spiro atoms. The minimum atomic E-state index is -3.52. The van der Waals surface area contributed by atoms with Gasteiger partial charge in [0.15, 0.2) is 0 Å². The van der Waals surface area contributed by atoms with Gasteiger partial charge in [0.1, 0.15) is 4.90 Å². The molecule has 1 aromatic rings. The second kappa shape index (κ2) is 5.36. The van der Waals surface area contributed by atoms with E-state index in [1.165, 1.54) is 13.1 Å². The normalized spacial score (nSPS) is 19.9. The standard InChI is InChI=1S/C12H19N3O3S/c1-14-19(17,18)12-3-2-10(6-11(12)13)15-5-4-9(7-15)8-16/h2-3,6,9,14,16H,4-5,7-8,13H2,1H3. The summed E-state index contributed by atoms with van der Waals surface area (Å²) in [7, 11) is -2.16. The van der Waals surface area contributed by atoms with Crippen LogP contribution in [-0.4, -0.2) is 40.3 Å². The van der Waals surface area contributed by atoms with Crippen molar-refractivity contribution in [1.82, 2.24) is 4.72 Å². The van der Waals surface area contributed by atoms with Crippen LogP contribution in [0.5, 0.6) is 0 Å². The molecule has 1 atom stereocenters. The van der Waals surface area contributed by atoms with Gasteiger partial charge < -0.3 is 15.7 Å². The zero-order chi connectivity index (χ0) is 14.0. The molecule has 1 unspecified atom stereocenters. The van der Waals surface area contributed by atoms with Gasteiger partial charge in [-0.25, -0.2) is 13.1 Å². The summed E-state index contributed by atoms with van der Waals surface area (Å²) in [6.45, 7) is 1.80. The fourth-order valence-corrected chi connectivity index (χ4v) is 3.14. The first-order valence-corrected chi connectivity index (χ1v) is 7.65. The Morgan fingerprint density at radius 2 is 2.26 bits per heavy atom. The molecule has 6 nitrogen and oxygen atoms in total. The van der Waals surface area contributed by atoms with Gasteiger partial charge >= 0.3 is 0 Å². The van der Waals surface area contributed by atoms with E-state index in [9.17, 15) is 8.42 Å². The molecule has 0 saturated carbocycles. The average Bonchev–Trinajstić information content (AvgIpc) is 2.87. The Kier molecular flexibility index (Phi) is 3.98. The monoisotopic (exact) mass is 285 g/mol. The summed E-state index contributed by atoms with van der Waals surface area (Å²) in [4.78, 5) is 2.20. The van der Waals surface area contributed by atoms with Crippen molar-refractivity contribution >= 4 is 21.4 Å². The van der Waals surface area contributed by atoms with E-state index in [0.29, 0.717) is 0 Å². The van der Waals surface area contributed by atoms with E-state index in [1.54, 1.807) is 12.1 Å². The highest BCUT2D eigenvalue weighted by Crippen LogP contribution is 2.28. The molecule has 2 rings (SSSR count). The Morgan fingerprint density at radius 3 is 2.79 bits per heavy atom. The zero-order valence-corrected chi connectivity index (χ0v) is 11.7. The molecule has 0 amide bonds. The lowest BCUT2D eigenvalue weighted by atomic mass is 10.1. The number of hydrogen-bond acceptors (Lipinski definition) is 5. The van der Waals surface area contributed by atoms with Gasteiger partial charge in [-0.3, -0.25) is 0 Å². The van der Waals surface area contributed by atoms with E-state index in [1.807, 2.05) is 0 Å². The summed E-state index contributed by atoms with van der Waals surface area (Å²) in [5.41, 5.74) is 6.95. The first kappa shape index (κ1) is 14.1. The van der Waals surface area contributed by atoms with Gasteiger partial charge in [-0.15, -0.1) is 0 Å². The van der Waals surface area contributed by atoms with Crippen LogP contribution in [-0.2, 0) is 10.0 Å². The first-order valence-electron chi connectivity index (χ1n) is 6.17. The summed E-state index contributed by atoms with van der Waals surface area (Å²) in [5.74, 6) is 0.280. The molecule has 1 aliphatic heterocycles. The number of aliphatic hydroxyl groups is 1. The molecule has 0 aliphatic carbocycles. The number of aliphatic hydroxyl groups excluding tert-OH is 1. The lowest BCUT2D eigenvalue weighted by Gasteiger charge is -2.19. The van der Waals surface area contributed by atoms with Crippen molar-refractivity contribution in [1.29, 1.82) is 0 Å². The van der Waals surface area contributed by atoms with E-state index in [0.717, 1.165) is 25.2 Å². The largest absolute Gasteiger partial charge is 0.398 e. The smallest absolute Gasteiger partial charge is 0.242 e. The van der Waals surface area contributed by atoms with Gasteiger partial charge in [0.05, 0.1) is 5.69 Å². The van der Waals surface area contributed by atoms with E-state index in [2.05, 4.69) is 9.62 Å². The summed E-state index contributed by atoms with van der Waals surface area (Å²) in [6, 6.07) is 4.94. The molecule has 7 heteroatoms. The van der Waals surface area contributed by atoms with E-state index in [4.69, 9.17) is 10.8 Å². The van der Waals surface area contributed by atoms with Crippen LogP contribution in [0, 0.1) is 5.92 Å². The van der Waals surface area contributed by atoms with Crippen LogP contribution in [0.25, 0.3) is 0 Å². The highest BCUT2D eigenvalue weighted by atomic mass is 32.2. The third-order valence-electron chi connectivity index (χ3n) is 3.46. The molecule has 1 aliphatic rings. The van der Waals surface area contributed by atoms with Crippen molar-refractivity contribution in [2.24, 2.45) is 5.92 Å². The van der Waals surface area contributed by atoms with Gasteiger partial charge in [0, 0.05) is 31.3 Å². The third kappa shape index (κ3) is 2.83. The lowest BCUT2D eigenvalue weighted by molar-refractivity contribution is 0.238. The molecule has 1 saturated heterocycles. The highest BCUT2D eigenvalue weighted by molar-refractivity contribution is 7.89. The van der Waals surface area contributed by atoms with Gasteiger partial charge in [-0.2, -0.15) is 0 Å². The Balaban J connectivity index is 2.25. The van der Waals surface area contributed by atoms with E-state index >= 15 is 0 Å². The van der Waals surface area contributed by atoms with Gasteiger partial charge in [0.25, 0.3) is 0 Å². The number of nitrogen functional groups attached to an aromatic ring is 1. The van der Waals surface area contributed by atoms with Crippen molar-refractivity contribution in [2.45, 2.75) is 11.3 Å². The minimum Gasteiger partial charge on any atom is -0.398 e. The molecule has 1 fully saturated rings. The maximum atomic E-state index is 11.7. The number of sulfonamides is 1. The van der Waals surface area contributed by atoms with Crippen LogP contribution in [0.3, 0.4) is 0 Å². The number of nitrogens with two attached hydrogens (primary N) is 1. The maximum absolute atomic E-state index is 11.7. The van der Waals surface area contributed by atoms with E-state index < -0.39 is 10.0 Å². The number of nitrogens with zero attached hydrogens (tertiary/aromatic N) is 1. The van der Waals surface area contributed by atoms with Gasteiger partial charge in [-0.1, -0.05) is 0 Å². The Morgan fingerprint density at radius 1 is 1.53 bits per heavy atom. The predicted molar refractivity (Wildman–Crippen MR) is 74.5 cm³/mol. The van der Waals surface area contributed by atoms with Crippen molar-refractivity contribution in [2.75, 3.05) is 37.4 Å². The topological polar surface area (TPSA) is 95.7 Å². The quantitative estimate of drug-likeness (QED) is 0.677. The molecule has 0 aromatic heterocycles. The van der Waals surface area contributed by atoms with Crippen molar-refractivity contribution in [3.63, 3.8) is 0 Å². The number of anilines is 2.